The van der Waals surface area contributed by atoms with E-state index in [4.69, 9.17) is 16.6 Å². The van der Waals surface area contributed by atoms with Crippen molar-refractivity contribution in [3.63, 3.8) is 0 Å². The van der Waals surface area contributed by atoms with Crippen LogP contribution < -0.4 is 11.5 Å². The molecule has 5 N–H and O–H groups in total. The predicted octanol–water partition coefficient (Wildman–Crippen LogP) is -1.21. The van der Waals surface area contributed by atoms with Crippen LogP contribution in [-0.4, -0.2) is 44.3 Å². The second-order valence-electron chi connectivity index (χ2n) is 2.94. The molecular formula is C8H16N6O2. The monoisotopic (exact) mass is 228 g/mol. The van der Waals surface area contributed by atoms with Crippen LogP contribution in [0.25, 0.3) is 0 Å². The van der Waals surface area contributed by atoms with Crippen LogP contribution in [0.15, 0.2) is 12.4 Å². The molecule has 8 nitrogen and oxygen atoms in total. The molecule has 1 unspecified atom stereocenters. The summed E-state index contributed by atoms with van der Waals surface area (Å²) in [6, 6.07) is -0.716. The maximum Gasteiger partial charge on any atom is 0.320 e. The minimum Gasteiger partial charge on any atom is -0.480 e. The lowest BCUT2D eigenvalue weighted by atomic mass is 10.1. The van der Waals surface area contributed by atoms with E-state index in [2.05, 4.69) is 20.6 Å². The van der Waals surface area contributed by atoms with E-state index < -0.39 is 12.0 Å². The van der Waals surface area contributed by atoms with Crippen molar-refractivity contribution in [3.8, 4) is 0 Å². The highest BCUT2D eigenvalue weighted by Crippen LogP contribution is 1.96. The van der Waals surface area contributed by atoms with Gasteiger partial charge in [-0.2, -0.15) is 0 Å². The van der Waals surface area contributed by atoms with Crippen LogP contribution in [0.4, 0.5) is 0 Å². The van der Waals surface area contributed by atoms with Gasteiger partial charge in [-0.05, 0) is 29.8 Å². The number of carboxylic acids is 1. The molecule has 0 aliphatic rings. The Balaban J connectivity index is 0.000000315. The van der Waals surface area contributed by atoms with E-state index in [9.17, 15) is 4.79 Å². The van der Waals surface area contributed by atoms with Gasteiger partial charge in [0.1, 0.15) is 6.04 Å². The van der Waals surface area contributed by atoms with Crippen molar-refractivity contribution in [1.82, 2.24) is 20.6 Å². The van der Waals surface area contributed by atoms with E-state index in [-0.39, 0.29) is 0 Å². The normalized spacial score (nSPS) is 11.1. The van der Waals surface area contributed by atoms with Gasteiger partial charge in [0.15, 0.2) is 0 Å². The Kier molecular flexibility index (Phi) is 8.84. The summed E-state index contributed by atoms with van der Waals surface area (Å²) < 4.78 is 0. The summed E-state index contributed by atoms with van der Waals surface area (Å²) in [6.45, 7) is 0.604. The molecule has 0 fully saturated rings. The third-order valence-electron chi connectivity index (χ3n) is 1.63. The molecule has 0 radical (unpaired) electrons. The summed E-state index contributed by atoms with van der Waals surface area (Å²) in [5, 5.41) is 21.4. The largest absolute Gasteiger partial charge is 0.480 e. The molecule has 0 spiro atoms. The molecule has 0 saturated carbocycles. The Bertz CT molecular complexity index is 244. The number of carboxylic acid groups (broad SMARTS) is 1. The molecule has 0 aliphatic carbocycles. The molecule has 1 aromatic rings. The van der Waals surface area contributed by atoms with Gasteiger partial charge in [-0.15, -0.1) is 10.2 Å². The van der Waals surface area contributed by atoms with Gasteiger partial charge in [0, 0.05) is 0 Å². The fourth-order valence-electron chi connectivity index (χ4n) is 0.798. The number of aliphatic carboxylic acids is 1. The Morgan fingerprint density at radius 2 is 1.81 bits per heavy atom. The van der Waals surface area contributed by atoms with Gasteiger partial charge in [0.05, 0.1) is 12.4 Å². The van der Waals surface area contributed by atoms with E-state index in [1.54, 1.807) is 0 Å². The van der Waals surface area contributed by atoms with Gasteiger partial charge in [-0.1, -0.05) is 6.42 Å². The van der Waals surface area contributed by atoms with E-state index in [0.29, 0.717) is 13.0 Å². The fourth-order valence-corrected chi connectivity index (χ4v) is 0.798. The standard InChI is InChI=1S/C6H14N2O2.C2H2N4/c7-4-2-1-3-5(8)6(9)10;1-2-4-6-5-3-1/h5H,1-4,7-8H2,(H,9,10);1-2H. The molecular weight excluding hydrogens is 212 g/mol. The zero-order chi connectivity index (χ0) is 12.2. The first-order chi connectivity index (χ1) is 7.68. The van der Waals surface area contributed by atoms with Crippen LogP contribution in [0.1, 0.15) is 19.3 Å². The minimum atomic E-state index is -0.933. The van der Waals surface area contributed by atoms with Gasteiger partial charge < -0.3 is 16.6 Å². The van der Waals surface area contributed by atoms with Gasteiger partial charge in [-0.25, -0.2) is 0 Å². The zero-order valence-electron chi connectivity index (χ0n) is 8.86. The molecule has 8 heteroatoms. The van der Waals surface area contributed by atoms with Crippen LogP contribution >= 0.6 is 0 Å². The van der Waals surface area contributed by atoms with Gasteiger partial charge in [-0.3, -0.25) is 4.79 Å². The Labute approximate surface area is 93.0 Å². The minimum absolute atomic E-state index is 0.520. The maximum absolute atomic E-state index is 10.1. The third-order valence-corrected chi connectivity index (χ3v) is 1.63. The van der Waals surface area contributed by atoms with Gasteiger partial charge in [0.25, 0.3) is 0 Å². The average Bonchev–Trinajstić information content (AvgIpc) is 2.32. The van der Waals surface area contributed by atoms with Crippen molar-refractivity contribution >= 4 is 5.97 Å². The number of nitrogens with zero attached hydrogens (tertiary/aromatic N) is 4. The molecule has 1 heterocycles. The second-order valence-corrected chi connectivity index (χ2v) is 2.94. The SMILES string of the molecule is NCCCCC(N)C(=O)O.c1cnnnn1. The first-order valence-electron chi connectivity index (χ1n) is 4.82. The van der Waals surface area contributed by atoms with E-state index in [1.807, 2.05) is 0 Å². The quantitative estimate of drug-likeness (QED) is 0.533. The van der Waals surface area contributed by atoms with Crippen molar-refractivity contribution in [1.29, 1.82) is 0 Å². The molecule has 0 amide bonds. The van der Waals surface area contributed by atoms with Crippen molar-refractivity contribution in [2.45, 2.75) is 25.3 Å². The molecule has 1 aromatic heterocycles. The van der Waals surface area contributed by atoms with Crippen LogP contribution in [0, 0.1) is 0 Å². The summed E-state index contributed by atoms with van der Waals surface area (Å²) in [5.41, 5.74) is 10.4. The summed E-state index contributed by atoms with van der Waals surface area (Å²) >= 11 is 0. The lowest BCUT2D eigenvalue weighted by Crippen LogP contribution is -2.29. The smallest absolute Gasteiger partial charge is 0.320 e. The number of unbranched alkanes of at least 4 members (excludes halogenated alkanes) is 1. The molecule has 1 atom stereocenters. The van der Waals surface area contributed by atoms with Crippen molar-refractivity contribution in [3.05, 3.63) is 12.4 Å². The number of carbonyl (C=O) groups is 1. The Morgan fingerprint density at radius 1 is 1.25 bits per heavy atom. The van der Waals surface area contributed by atoms with Crippen molar-refractivity contribution in [2.75, 3.05) is 6.54 Å². The number of rotatable bonds is 5. The van der Waals surface area contributed by atoms with E-state index in [1.165, 1.54) is 12.4 Å². The highest BCUT2D eigenvalue weighted by atomic mass is 16.4. The third kappa shape index (κ3) is 8.91. The molecule has 0 bridgehead atoms. The number of hydrogen-bond acceptors (Lipinski definition) is 7. The topological polar surface area (TPSA) is 141 Å². The van der Waals surface area contributed by atoms with Crippen molar-refractivity contribution in [2.24, 2.45) is 11.5 Å². The fraction of sp³-hybridized carbons (Fsp3) is 0.625. The molecule has 16 heavy (non-hydrogen) atoms. The maximum atomic E-state index is 10.1. The first-order valence-corrected chi connectivity index (χ1v) is 4.82. The van der Waals surface area contributed by atoms with E-state index >= 15 is 0 Å². The summed E-state index contributed by atoms with van der Waals surface area (Å²) in [5.74, 6) is -0.933. The first kappa shape index (κ1) is 14.3. The Morgan fingerprint density at radius 3 is 2.12 bits per heavy atom. The van der Waals surface area contributed by atoms with Gasteiger partial charge >= 0.3 is 5.97 Å². The lowest BCUT2D eigenvalue weighted by Gasteiger charge is -2.03. The van der Waals surface area contributed by atoms with Crippen LogP contribution in [0.3, 0.4) is 0 Å². The average molecular weight is 228 g/mol. The van der Waals surface area contributed by atoms with Crippen LogP contribution in [0.5, 0.6) is 0 Å². The molecule has 0 saturated heterocycles. The highest BCUT2D eigenvalue weighted by Gasteiger charge is 2.09. The summed E-state index contributed by atoms with van der Waals surface area (Å²) in [7, 11) is 0. The molecule has 90 valence electrons. The molecule has 0 aromatic carbocycles. The van der Waals surface area contributed by atoms with Crippen molar-refractivity contribution < 1.29 is 9.90 Å². The van der Waals surface area contributed by atoms with Crippen LogP contribution in [-0.2, 0) is 4.79 Å². The summed E-state index contributed by atoms with van der Waals surface area (Å²) in [4.78, 5) is 10.1. The highest BCUT2D eigenvalue weighted by molar-refractivity contribution is 5.72. The zero-order valence-corrected chi connectivity index (χ0v) is 8.86. The number of nitrogens with two attached hydrogens (primary N) is 2. The molecule has 1 rings (SSSR count). The summed E-state index contributed by atoms with van der Waals surface area (Å²) in [6.07, 6.45) is 5.09. The predicted molar refractivity (Wildman–Crippen MR) is 56.1 cm³/mol. The Hall–Kier alpha value is -1.67. The molecule has 0 aliphatic heterocycles. The van der Waals surface area contributed by atoms with Gasteiger partial charge in [0.2, 0.25) is 0 Å². The number of hydrogen-bond donors (Lipinski definition) is 3. The van der Waals surface area contributed by atoms with Crippen LogP contribution in [0.2, 0.25) is 0 Å². The lowest BCUT2D eigenvalue weighted by molar-refractivity contribution is -0.138. The number of aromatic nitrogens is 4. The second kappa shape index (κ2) is 9.87. The van der Waals surface area contributed by atoms with E-state index in [0.717, 1.165) is 12.8 Å².